The van der Waals surface area contributed by atoms with Crippen molar-refractivity contribution in [1.29, 1.82) is 0 Å². The molecule has 2 N–H and O–H groups in total. The van der Waals surface area contributed by atoms with E-state index in [9.17, 15) is 19.7 Å². The lowest BCUT2D eigenvalue weighted by atomic mass is 9.99. The summed E-state index contributed by atoms with van der Waals surface area (Å²) in [6, 6.07) is 0.121. The Balaban J connectivity index is 3.02. The number of carboxylic acid groups (broad SMARTS) is 1. The first-order chi connectivity index (χ1) is 9.81. The lowest BCUT2D eigenvalue weighted by Gasteiger charge is -2.20. The van der Waals surface area contributed by atoms with Gasteiger partial charge in [0.2, 0.25) is 0 Å². The molecule has 1 rings (SSSR count). The average molecular weight is 297 g/mol. The second kappa shape index (κ2) is 6.87. The number of hydrogen-bond donors (Lipinski definition) is 2. The molecule has 8 heteroatoms. The van der Waals surface area contributed by atoms with Crippen molar-refractivity contribution in [2.75, 3.05) is 0 Å². The van der Waals surface area contributed by atoms with Crippen molar-refractivity contribution >= 4 is 17.6 Å². The highest BCUT2D eigenvalue weighted by molar-refractivity contribution is 5.96. The number of aryl methyl sites for hydroxylation is 1. The third-order valence-electron chi connectivity index (χ3n) is 3.43. The fraction of sp³-hybridized carbons (Fsp3) is 0.538. The van der Waals surface area contributed by atoms with Gasteiger partial charge in [-0.15, -0.1) is 0 Å². The van der Waals surface area contributed by atoms with Gasteiger partial charge in [0, 0.05) is 12.6 Å². The third kappa shape index (κ3) is 3.80. The van der Waals surface area contributed by atoms with Crippen LogP contribution in [0.3, 0.4) is 0 Å². The van der Waals surface area contributed by atoms with Crippen LogP contribution in [0, 0.1) is 16.0 Å². The summed E-state index contributed by atoms with van der Waals surface area (Å²) in [6.07, 6.45) is 1.85. The highest BCUT2D eigenvalue weighted by Crippen LogP contribution is 2.17. The Morgan fingerprint density at radius 1 is 1.48 bits per heavy atom. The summed E-state index contributed by atoms with van der Waals surface area (Å²) in [5, 5.41) is 22.3. The largest absolute Gasteiger partial charge is 0.480 e. The number of aromatic nitrogens is 1. The van der Waals surface area contributed by atoms with E-state index < -0.39 is 22.8 Å². The van der Waals surface area contributed by atoms with Crippen LogP contribution in [-0.4, -0.2) is 32.5 Å². The maximum absolute atomic E-state index is 12.2. The summed E-state index contributed by atoms with van der Waals surface area (Å²) in [5.74, 6) is -1.99. The molecule has 116 valence electrons. The highest BCUT2D eigenvalue weighted by Gasteiger charge is 2.27. The van der Waals surface area contributed by atoms with Crippen molar-refractivity contribution in [1.82, 2.24) is 9.88 Å². The number of nitro groups is 1. The molecule has 1 aromatic rings. The van der Waals surface area contributed by atoms with Gasteiger partial charge in [-0.3, -0.25) is 14.9 Å². The van der Waals surface area contributed by atoms with Crippen LogP contribution in [0.5, 0.6) is 0 Å². The zero-order chi connectivity index (χ0) is 16.2. The molecule has 0 spiro atoms. The van der Waals surface area contributed by atoms with Crippen LogP contribution >= 0.6 is 0 Å². The first-order valence-corrected chi connectivity index (χ1v) is 6.70. The van der Waals surface area contributed by atoms with Gasteiger partial charge in [0.25, 0.3) is 11.6 Å². The molecule has 0 radical (unpaired) electrons. The Morgan fingerprint density at radius 3 is 2.52 bits per heavy atom. The Bertz CT molecular complexity index is 552. The Morgan fingerprint density at radius 2 is 2.10 bits per heavy atom. The average Bonchev–Trinajstić information content (AvgIpc) is 2.87. The summed E-state index contributed by atoms with van der Waals surface area (Å²) >= 11 is 0. The van der Waals surface area contributed by atoms with E-state index in [2.05, 4.69) is 5.32 Å². The van der Waals surface area contributed by atoms with Crippen molar-refractivity contribution in [3.8, 4) is 0 Å². The predicted molar refractivity (Wildman–Crippen MR) is 75.1 cm³/mol. The topological polar surface area (TPSA) is 114 Å². The molecule has 1 amide bonds. The van der Waals surface area contributed by atoms with Crippen LogP contribution in [-0.2, 0) is 11.3 Å². The summed E-state index contributed by atoms with van der Waals surface area (Å²) < 4.78 is 1.42. The highest BCUT2D eigenvalue weighted by atomic mass is 16.6. The van der Waals surface area contributed by atoms with Crippen LogP contribution in [0.2, 0.25) is 0 Å². The Kier molecular flexibility index (Phi) is 5.45. The fourth-order valence-corrected chi connectivity index (χ4v) is 1.95. The molecule has 1 heterocycles. The summed E-state index contributed by atoms with van der Waals surface area (Å²) in [4.78, 5) is 33.5. The smallest absolute Gasteiger partial charge is 0.326 e. The van der Waals surface area contributed by atoms with Crippen LogP contribution < -0.4 is 5.32 Å². The number of nitrogens with one attached hydrogen (secondary N) is 1. The third-order valence-corrected chi connectivity index (χ3v) is 3.43. The second-order valence-electron chi connectivity index (χ2n) is 4.80. The maximum Gasteiger partial charge on any atom is 0.326 e. The van der Waals surface area contributed by atoms with E-state index in [1.165, 1.54) is 10.8 Å². The minimum Gasteiger partial charge on any atom is -0.480 e. The molecule has 21 heavy (non-hydrogen) atoms. The quantitative estimate of drug-likeness (QED) is 0.586. The summed E-state index contributed by atoms with van der Waals surface area (Å²) in [6.45, 7) is 5.66. The Labute approximate surface area is 121 Å². The minimum atomic E-state index is -1.12. The number of carbonyl (C=O) groups is 2. The first kappa shape index (κ1) is 16.7. The van der Waals surface area contributed by atoms with Gasteiger partial charge < -0.3 is 15.0 Å². The van der Waals surface area contributed by atoms with Crippen LogP contribution in [0.15, 0.2) is 12.3 Å². The van der Waals surface area contributed by atoms with Crippen molar-refractivity contribution in [3.05, 3.63) is 28.1 Å². The van der Waals surface area contributed by atoms with E-state index >= 15 is 0 Å². The van der Waals surface area contributed by atoms with Gasteiger partial charge >= 0.3 is 5.97 Å². The van der Waals surface area contributed by atoms with Gasteiger partial charge in [0.05, 0.1) is 11.1 Å². The molecule has 0 aliphatic carbocycles. The van der Waals surface area contributed by atoms with Crippen molar-refractivity contribution < 1.29 is 19.6 Å². The zero-order valence-corrected chi connectivity index (χ0v) is 12.2. The van der Waals surface area contributed by atoms with Crippen LogP contribution in [0.25, 0.3) is 0 Å². The molecule has 0 bridgehead atoms. The second-order valence-corrected chi connectivity index (χ2v) is 4.80. The molecular weight excluding hydrogens is 278 g/mol. The SMILES string of the molecule is CCC(C)C(NC(=O)c1cc([N+](=O)[O-])cn1CC)C(=O)O. The van der Waals surface area contributed by atoms with Crippen LogP contribution in [0.4, 0.5) is 5.69 Å². The van der Waals surface area contributed by atoms with E-state index in [1.807, 2.05) is 6.92 Å². The molecule has 0 fully saturated rings. The molecular formula is C13H19N3O5. The van der Waals surface area contributed by atoms with Gasteiger partial charge in [-0.1, -0.05) is 20.3 Å². The van der Waals surface area contributed by atoms with Gasteiger partial charge in [-0.25, -0.2) is 4.79 Å². The van der Waals surface area contributed by atoms with Crippen molar-refractivity contribution in [2.24, 2.45) is 5.92 Å². The minimum absolute atomic E-state index is 0.0822. The molecule has 0 saturated heterocycles. The number of carboxylic acids is 1. The standard InChI is InChI=1S/C13H19N3O5/c1-4-8(3)11(13(18)19)14-12(17)10-6-9(16(20)21)7-15(10)5-2/h6-8,11H,4-5H2,1-3H3,(H,14,17)(H,18,19). The van der Waals surface area contributed by atoms with E-state index in [0.29, 0.717) is 13.0 Å². The number of carbonyl (C=O) groups excluding carboxylic acids is 1. The van der Waals surface area contributed by atoms with Crippen molar-refractivity contribution in [2.45, 2.75) is 39.8 Å². The van der Waals surface area contributed by atoms with E-state index in [-0.39, 0.29) is 17.3 Å². The summed E-state index contributed by atoms with van der Waals surface area (Å²) in [7, 11) is 0. The van der Waals surface area contributed by atoms with Crippen LogP contribution in [0.1, 0.15) is 37.7 Å². The van der Waals surface area contributed by atoms with Gasteiger partial charge in [-0.2, -0.15) is 0 Å². The number of aliphatic carboxylic acids is 1. The van der Waals surface area contributed by atoms with E-state index in [0.717, 1.165) is 6.07 Å². The van der Waals surface area contributed by atoms with E-state index in [1.54, 1.807) is 13.8 Å². The zero-order valence-electron chi connectivity index (χ0n) is 12.2. The van der Waals surface area contributed by atoms with Gasteiger partial charge in [0.15, 0.2) is 0 Å². The van der Waals surface area contributed by atoms with E-state index in [4.69, 9.17) is 5.11 Å². The Hall–Kier alpha value is -2.38. The molecule has 0 aromatic carbocycles. The lowest BCUT2D eigenvalue weighted by molar-refractivity contribution is -0.384. The maximum atomic E-state index is 12.2. The normalized spacial score (nSPS) is 13.5. The molecule has 2 atom stereocenters. The molecule has 1 aromatic heterocycles. The number of nitrogens with zero attached hydrogens (tertiary/aromatic N) is 2. The number of amides is 1. The first-order valence-electron chi connectivity index (χ1n) is 6.70. The molecule has 8 nitrogen and oxygen atoms in total. The molecule has 0 saturated carbocycles. The monoisotopic (exact) mass is 297 g/mol. The van der Waals surface area contributed by atoms with Gasteiger partial charge in [-0.05, 0) is 12.8 Å². The molecule has 0 aliphatic heterocycles. The number of rotatable bonds is 7. The van der Waals surface area contributed by atoms with Crippen molar-refractivity contribution in [3.63, 3.8) is 0 Å². The fourth-order valence-electron chi connectivity index (χ4n) is 1.95. The summed E-state index contributed by atoms with van der Waals surface area (Å²) in [5.41, 5.74) is -0.115. The molecule has 2 unspecified atom stereocenters. The molecule has 0 aliphatic rings. The predicted octanol–water partition coefficient (Wildman–Crippen LogP) is 1.65. The van der Waals surface area contributed by atoms with Gasteiger partial charge in [0.1, 0.15) is 11.7 Å². The lowest BCUT2D eigenvalue weighted by Crippen LogP contribution is -2.45. The number of hydrogen-bond acceptors (Lipinski definition) is 4.